The van der Waals surface area contributed by atoms with Crippen LogP contribution in [0.2, 0.25) is 0 Å². The quantitative estimate of drug-likeness (QED) is 0.655. The number of nitrogen functional groups attached to an aromatic ring is 1. The fourth-order valence-corrected chi connectivity index (χ4v) is 3.07. The van der Waals surface area contributed by atoms with Crippen molar-refractivity contribution in [3.8, 4) is 16.9 Å². The van der Waals surface area contributed by atoms with Crippen LogP contribution in [0.25, 0.3) is 16.9 Å². The second-order valence-electron chi connectivity index (χ2n) is 6.32. The van der Waals surface area contributed by atoms with Gasteiger partial charge in [-0.05, 0) is 43.0 Å². The molecule has 0 radical (unpaired) electrons. The summed E-state index contributed by atoms with van der Waals surface area (Å²) in [7, 11) is 0. The number of hydrogen-bond acceptors (Lipinski definition) is 4. The topological polar surface area (TPSA) is 78.0 Å². The van der Waals surface area contributed by atoms with Gasteiger partial charge in [0.2, 0.25) is 0 Å². The van der Waals surface area contributed by atoms with Crippen molar-refractivity contribution >= 4 is 17.3 Å². The molecular weight excluding hydrogens is 391 g/mol. The van der Waals surface area contributed by atoms with Gasteiger partial charge in [0.15, 0.2) is 5.69 Å². The smallest absolute Gasteiger partial charge is 0.399 e. The number of nitrogens with two attached hydrogens (primary N) is 1. The van der Waals surface area contributed by atoms with Crippen LogP contribution in [-0.2, 0) is 17.7 Å². The van der Waals surface area contributed by atoms with E-state index < -0.39 is 23.4 Å². The highest BCUT2D eigenvalue weighted by Crippen LogP contribution is 2.50. The summed E-state index contributed by atoms with van der Waals surface area (Å²) in [6.45, 7) is 0. The molecule has 1 heterocycles. The minimum Gasteiger partial charge on any atom is -0.399 e. The summed E-state index contributed by atoms with van der Waals surface area (Å²) < 4.78 is 58.9. The zero-order valence-electron chi connectivity index (χ0n) is 14.5. The Kier molecular flexibility index (Phi) is 5.64. The average Bonchev–Trinajstić information content (AvgIpc) is 3.42. The molecular formula is C19H16F3N3O2S. The van der Waals surface area contributed by atoms with Gasteiger partial charge in [-0.1, -0.05) is 30.3 Å². The molecule has 3 aromatic rings. The average molecular weight is 407 g/mol. The first kappa shape index (κ1) is 19.8. The summed E-state index contributed by atoms with van der Waals surface area (Å²) in [5.74, 6) is -0.0886. The van der Waals surface area contributed by atoms with Crippen LogP contribution in [0.3, 0.4) is 0 Å². The number of halogens is 3. The molecule has 0 unspecified atom stereocenters. The molecule has 0 amide bonds. The van der Waals surface area contributed by atoms with Crippen molar-refractivity contribution in [1.29, 1.82) is 0 Å². The lowest BCUT2D eigenvalue weighted by atomic mass is 10.0. The van der Waals surface area contributed by atoms with Gasteiger partial charge in [-0.25, -0.2) is 4.68 Å². The predicted molar refractivity (Wildman–Crippen MR) is 99.3 cm³/mol. The van der Waals surface area contributed by atoms with E-state index in [0.29, 0.717) is 22.6 Å². The summed E-state index contributed by atoms with van der Waals surface area (Å²) in [6.07, 6.45) is -2.97. The standard InChI is InChI=1S/C19H16F3N3.O2S/c20-19(21,22)18-16(12-6-7-12)17(13-4-2-1-3-5-13)25(24-18)15-10-8-14(23)9-11-15;1-3-2/h1-5,8-12H,6-7,23H2;. The number of aromatic nitrogens is 2. The van der Waals surface area contributed by atoms with Crippen molar-refractivity contribution in [1.82, 2.24) is 9.78 Å². The summed E-state index contributed by atoms with van der Waals surface area (Å²) in [5.41, 5.74) is 7.57. The molecule has 0 aliphatic heterocycles. The van der Waals surface area contributed by atoms with Gasteiger partial charge < -0.3 is 5.73 Å². The Hall–Kier alpha value is -2.94. The zero-order valence-corrected chi connectivity index (χ0v) is 15.3. The third kappa shape index (κ3) is 4.14. The van der Waals surface area contributed by atoms with Gasteiger partial charge in [-0.15, -0.1) is 0 Å². The molecule has 1 saturated carbocycles. The van der Waals surface area contributed by atoms with E-state index in [0.717, 1.165) is 18.4 Å². The molecule has 2 N–H and O–H groups in total. The SMILES string of the molecule is Nc1ccc(-n2nc(C(F)(F)F)c(C3CC3)c2-c2ccccc2)cc1.O=S=O. The van der Waals surface area contributed by atoms with Crippen molar-refractivity contribution < 1.29 is 21.6 Å². The second-order valence-corrected chi connectivity index (χ2v) is 6.46. The first-order valence-electron chi connectivity index (χ1n) is 8.40. The van der Waals surface area contributed by atoms with E-state index in [1.807, 2.05) is 30.3 Å². The van der Waals surface area contributed by atoms with Crippen molar-refractivity contribution in [3.05, 3.63) is 65.9 Å². The van der Waals surface area contributed by atoms with E-state index >= 15 is 0 Å². The molecule has 4 rings (SSSR count). The normalized spacial score (nSPS) is 13.5. The monoisotopic (exact) mass is 407 g/mol. The molecule has 0 bridgehead atoms. The van der Waals surface area contributed by atoms with Crippen LogP contribution in [0.15, 0.2) is 54.6 Å². The number of nitrogens with zero attached hydrogens (tertiary/aromatic N) is 2. The van der Waals surface area contributed by atoms with E-state index in [9.17, 15) is 13.2 Å². The molecule has 146 valence electrons. The first-order chi connectivity index (χ1) is 13.4. The third-order valence-electron chi connectivity index (χ3n) is 4.36. The molecule has 1 fully saturated rings. The molecule has 0 spiro atoms. The Balaban J connectivity index is 0.000000706. The van der Waals surface area contributed by atoms with Crippen LogP contribution < -0.4 is 5.73 Å². The molecule has 28 heavy (non-hydrogen) atoms. The van der Waals surface area contributed by atoms with Crippen molar-refractivity contribution in [3.63, 3.8) is 0 Å². The van der Waals surface area contributed by atoms with Gasteiger partial charge in [0.1, 0.15) is 0 Å². The van der Waals surface area contributed by atoms with Crippen LogP contribution in [0, 0.1) is 0 Å². The highest BCUT2D eigenvalue weighted by atomic mass is 32.1. The largest absolute Gasteiger partial charge is 0.435 e. The molecule has 2 aromatic carbocycles. The maximum absolute atomic E-state index is 13.6. The highest BCUT2D eigenvalue weighted by Gasteiger charge is 2.44. The molecule has 1 aliphatic rings. The lowest BCUT2D eigenvalue weighted by Crippen LogP contribution is -2.09. The van der Waals surface area contributed by atoms with Crippen molar-refractivity contribution in [2.75, 3.05) is 5.73 Å². The van der Waals surface area contributed by atoms with Crippen LogP contribution in [0.1, 0.15) is 30.0 Å². The number of rotatable bonds is 3. The van der Waals surface area contributed by atoms with Crippen molar-refractivity contribution in [2.24, 2.45) is 0 Å². The number of benzene rings is 2. The summed E-state index contributed by atoms with van der Waals surface area (Å²) >= 11 is -0.750. The van der Waals surface area contributed by atoms with Gasteiger partial charge in [-0.3, -0.25) is 0 Å². The van der Waals surface area contributed by atoms with Gasteiger partial charge in [0.05, 0.1) is 11.4 Å². The summed E-state index contributed by atoms with van der Waals surface area (Å²) in [6, 6.07) is 15.8. The third-order valence-corrected chi connectivity index (χ3v) is 4.36. The molecule has 5 nitrogen and oxygen atoms in total. The fourth-order valence-electron chi connectivity index (χ4n) is 3.07. The van der Waals surface area contributed by atoms with Crippen LogP contribution >= 0.6 is 0 Å². The van der Waals surface area contributed by atoms with Crippen LogP contribution in [0.5, 0.6) is 0 Å². The summed E-state index contributed by atoms with van der Waals surface area (Å²) in [5, 5.41) is 3.97. The molecule has 0 saturated heterocycles. The van der Waals surface area contributed by atoms with E-state index in [2.05, 4.69) is 5.10 Å². The molecule has 1 aromatic heterocycles. The van der Waals surface area contributed by atoms with Gasteiger partial charge >= 0.3 is 17.7 Å². The van der Waals surface area contributed by atoms with E-state index in [4.69, 9.17) is 14.2 Å². The van der Waals surface area contributed by atoms with Crippen molar-refractivity contribution in [2.45, 2.75) is 24.9 Å². The molecule has 9 heteroatoms. The number of anilines is 1. The summed E-state index contributed by atoms with van der Waals surface area (Å²) in [4.78, 5) is 0. The highest BCUT2D eigenvalue weighted by molar-refractivity contribution is 7.51. The van der Waals surface area contributed by atoms with E-state index in [1.165, 1.54) is 4.68 Å². The zero-order chi connectivity index (χ0) is 20.3. The fraction of sp³-hybridized carbons (Fsp3) is 0.211. The second kappa shape index (κ2) is 7.97. The van der Waals surface area contributed by atoms with E-state index in [-0.39, 0.29) is 5.92 Å². The maximum atomic E-state index is 13.6. The first-order valence-corrected chi connectivity index (χ1v) is 9.06. The molecule has 1 aliphatic carbocycles. The Bertz CT molecular complexity index is 992. The number of hydrogen-bond donors (Lipinski definition) is 1. The lowest BCUT2D eigenvalue weighted by Gasteiger charge is -2.10. The number of alkyl halides is 3. The van der Waals surface area contributed by atoms with Crippen LogP contribution in [0.4, 0.5) is 18.9 Å². The maximum Gasteiger partial charge on any atom is 0.435 e. The lowest BCUT2D eigenvalue weighted by molar-refractivity contribution is -0.142. The van der Waals surface area contributed by atoms with Crippen LogP contribution in [-0.4, -0.2) is 18.2 Å². The Labute approximate surface area is 162 Å². The minimum atomic E-state index is -4.49. The van der Waals surface area contributed by atoms with Gasteiger partial charge in [0, 0.05) is 16.8 Å². The Morgan fingerprint density at radius 2 is 1.57 bits per heavy atom. The Morgan fingerprint density at radius 1 is 1.00 bits per heavy atom. The van der Waals surface area contributed by atoms with E-state index in [1.54, 1.807) is 24.3 Å². The Morgan fingerprint density at radius 3 is 2.07 bits per heavy atom. The van der Waals surface area contributed by atoms with Gasteiger partial charge in [-0.2, -0.15) is 26.7 Å². The van der Waals surface area contributed by atoms with Gasteiger partial charge in [0.25, 0.3) is 0 Å². The minimum absolute atomic E-state index is 0.0886. The predicted octanol–water partition coefficient (Wildman–Crippen LogP) is 4.35. The molecule has 0 atom stereocenters.